The summed E-state index contributed by atoms with van der Waals surface area (Å²) in [5.41, 5.74) is 2.28. The minimum atomic E-state index is -0.230. The van der Waals surface area contributed by atoms with Crippen LogP contribution in [0.2, 0.25) is 0 Å². The number of hydrogen-bond acceptors (Lipinski definition) is 5. The van der Waals surface area contributed by atoms with Crippen LogP contribution in [0.3, 0.4) is 0 Å². The number of carbonyl (C=O) groups excluding carboxylic acids is 1. The number of benzene rings is 1. The van der Waals surface area contributed by atoms with Crippen molar-refractivity contribution in [1.82, 2.24) is 15.2 Å². The van der Waals surface area contributed by atoms with E-state index in [9.17, 15) is 4.79 Å². The van der Waals surface area contributed by atoms with Gasteiger partial charge in [-0.05, 0) is 32.0 Å². The maximum absolute atomic E-state index is 12.2. The molecule has 0 saturated carbocycles. The molecule has 0 aliphatic heterocycles. The first-order valence-corrected chi connectivity index (χ1v) is 7.95. The standard InChI is InChI=1S/C16H16N4O2S/c1-10-6-15(20-19-10)18-16(21)12-4-3-5-14(7-12)22-8-13-9-23-11(2)17-13/h3-7,9H,8H2,1-2H3,(H2,18,19,20,21). The molecular formula is C16H16N4O2S. The van der Waals surface area contributed by atoms with E-state index in [-0.39, 0.29) is 5.91 Å². The van der Waals surface area contributed by atoms with Crippen molar-refractivity contribution in [2.45, 2.75) is 20.5 Å². The Balaban J connectivity index is 1.65. The van der Waals surface area contributed by atoms with Crippen LogP contribution in [-0.4, -0.2) is 21.1 Å². The zero-order chi connectivity index (χ0) is 16.2. The van der Waals surface area contributed by atoms with Gasteiger partial charge in [-0.25, -0.2) is 4.98 Å². The van der Waals surface area contributed by atoms with Crippen LogP contribution in [-0.2, 0) is 6.61 Å². The largest absolute Gasteiger partial charge is 0.487 e. The van der Waals surface area contributed by atoms with E-state index in [0.717, 1.165) is 16.4 Å². The summed E-state index contributed by atoms with van der Waals surface area (Å²) in [6, 6.07) is 8.80. The molecule has 23 heavy (non-hydrogen) atoms. The summed E-state index contributed by atoms with van der Waals surface area (Å²) in [6.07, 6.45) is 0. The van der Waals surface area contributed by atoms with Crippen LogP contribution in [0.5, 0.6) is 5.75 Å². The topological polar surface area (TPSA) is 79.9 Å². The van der Waals surface area contributed by atoms with Crippen molar-refractivity contribution in [1.29, 1.82) is 0 Å². The number of hydrogen-bond donors (Lipinski definition) is 2. The Morgan fingerprint density at radius 3 is 2.91 bits per heavy atom. The smallest absolute Gasteiger partial charge is 0.256 e. The van der Waals surface area contributed by atoms with Gasteiger partial charge in [-0.1, -0.05) is 6.07 Å². The van der Waals surface area contributed by atoms with Crippen LogP contribution < -0.4 is 10.1 Å². The number of aryl methyl sites for hydroxylation is 2. The Hall–Kier alpha value is -2.67. The number of aromatic nitrogens is 3. The number of anilines is 1. The van der Waals surface area contributed by atoms with Crippen LogP contribution in [0.4, 0.5) is 5.82 Å². The van der Waals surface area contributed by atoms with Gasteiger partial charge in [-0.15, -0.1) is 11.3 Å². The van der Waals surface area contributed by atoms with Gasteiger partial charge in [0.05, 0.1) is 10.7 Å². The summed E-state index contributed by atoms with van der Waals surface area (Å²) in [4.78, 5) is 16.6. The zero-order valence-corrected chi connectivity index (χ0v) is 13.6. The second-order valence-electron chi connectivity index (χ2n) is 5.06. The molecule has 0 unspecified atom stereocenters. The lowest BCUT2D eigenvalue weighted by Gasteiger charge is -2.07. The maximum Gasteiger partial charge on any atom is 0.256 e. The molecule has 7 heteroatoms. The van der Waals surface area contributed by atoms with E-state index in [1.165, 1.54) is 0 Å². The predicted octanol–water partition coefficient (Wildman–Crippen LogP) is 3.31. The molecule has 2 heterocycles. The lowest BCUT2D eigenvalue weighted by Crippen LogP contribution is -2.12. The third-order valence-corrected chi connectivity index (χ3v) is 3.92. The molecule has 0 aliphatic carbocycles. The van der Waals surface area contributed by atoms with Crippen LogP contribution in [0.15, 0.2) is 35.7 Å². The molecule has 2 aromatic heterocycles. The summed E-state index contributed by atoms with van der Waals surface area (Å²) in [6.45, 7) is 4.21. The molecule has 0 spiro atoms. The highest BCUT2D eigenvalue weighted by molar-refractivity contribution is 7.09. The quantitative estimate of drug-likeness (QED) is 0.753. The molecule has 1 aromatic carbocycles. The molecular weight excluding hydrogens is 312 g/mol. The number of nitrogens with zero attached hydrogens (tertiary/aromatic N) is 2. The van der Waals surface area contributed by atoms with E-state index in [4.69, 9.17) is 4.74 Å². The summed E-state index contributed by atoms with van der Waals surface area (Å²) in [5.74, 6) is 0.893. The summed E-state index contributed by atoms with van der Waals surface area (Å²) < 4.78 is 5.69. The van der Waals surface area contributed by atoms with Crippen molar-refractivity contribution in [2.75, 3.05) is 5.32 Å². The SMILES string of the molecule is Cc1cc(NC(=O)c2cccc(OCc3csc(C)n3)c2)n[nH]1. The molecule has 118 valence electrons. The molecule has 1 amide bonds. The first-order valence-electron chi connectivity index (χ1n) is 7.07. The Kier molecular flexibility index (Phi) is 4.38. The van der Waals surface area contributed by atoms with Crippen LogP contribution in [0.1, 0.15) is 26.8 Å². The number of aromatic amines is 1. The van der Waals surface area contributed by atoms with E-state index in [2.05, 4.69) is 20.5 Å². The van der Waals surface area contributed by atoms with Crippen molar-refractivity contribution >= 4 is 23.1 Å². The molecule has 0 saturated heterocycles. The lowest BCUT2D eigenvalue weighted by atomic mass is 10.2. The fourth-order valence-corrected chi connectivity index (χ4v) is 2.63. The highest BCUT2D eigenvalue weighted by Gasteiger charge is 2.09. The zero-order valence-electron chi connectivity index (χ0n) is 12.8. The number of nitrogens with one attached hydrogen (secondary N) is 2. The number of carbonyl (C=O) groups is 1. The second-order valence-corrected chi connectivity index (χ2v) is 6.13. The van der Waals surface area contributed by atoms with Gasteiger partial charge in [-0.2, -0.15) is 5.10 Å². The Morgan fingerprint density at radius 1 is 1.35 bits per heavy atom. The minimum Gasteiger partial charge on any atom is -0.487 e. The molecule has 0 aliphatic rings. The summed E-state index contributed by atoms with van der Waals surface area (Å²) >= 11 is 1.59. The van der Waals surface area contributed by atoms with Gasteiger partial charge in [0, 0.05) is 22.7 Å². The molecule has 0 radical (unpaired) electrons. The van der Waals surface area contributed by atoms with E-state index in [0.29, 0.717) is 23.7 Å². The number of thiazole rings is 1. The Bertz CT molecular complexity index is 825. The van der Waals surface area contributed by atoms with Gasteiger partial charge in [0.2, 0.25) is 0 Å². The monoisotopic (exact) mass is 328 g/mol. The molecule has 6 nitrogen and oxygen atoms in total. The van der Waals surface area contributed by atoms with E-state index in [1.807, 2.05) is 25.3 Å². The van der Waals surface area contributed by atoms with E-state index < -0.39 is 0 Å². The number of rotatable bonds is 5. The predicted molar refractivity (Wildman–Crippen MR) is 88.9 cm³/mol. The first kappa shape index (κ1) is 15.2. The Morgan fingerprint density at radius 2 is 2.22 bits per heavy atom. The van der Waals surface area contributed by atoms with Gasteiger partial charge in [0.1, 0.15) is 12.4 Å². The van der Waals surface area contributed by atoms with Crippen molar-refractivity contribution in [3.63, 3.8) is 0 Å². The Labute approximate surface area is 137 Å². The maximum atomic E-state index is 12.2. The van der Waals surface area contributed by atoms with Gasteiger partial charge in [-0.3, -0.25) is 9.89 Å². The first-order chi connectivity index (χ1) is 11.1. The minimum absolute atomic E-state index is 0.230. The van der Waals surface area contributed by atoms with Crippen molar-refractivity contribution in [3.05, 3.63) is 57.7 Å². The normalized spacial score (nSPS) is 10.5. The molecule has 2 N–H and O–H groups in total. The fourth-order valence-electron chi connectivity index (χ4n) is 2.03. The van der Waals surface area contributed by atoms with Crippen LogP contribution >= 0.6 is 11.3 Å². The van der Waals surface area contributed by atoms with Crippen LogP contribution in [0.25, 0.3) is 0 Å². The van der Waals surface area contributed by atoms with Gasteiger partial charge >= 0.3 is 0 Å². The van der Waals surface area contributed by atoms with Gasteiger partial charge in [0.25, 0.3) is 5.91 Å². The van der Waals surface area contributed by atoms with Gasteiger partial charge < -0.3 is 10.1 Å². The average molecular weight is 328 g/mol. The van der Waals surface area contributed by atoms with E-state index in [1.54, 1.807) is 35.6 Å². The third-order valence-electron chi connectivity index (χ3n) is 3.10. The van der Waals surface area contributed by atoms with Crippen molar-refractivity contribution < 1.29 is 9.53 Å². The third kappa shape index (κ3) is 3.95. The number of H-pyrrole nitrogens is 1. The van der Waals surface area contributed by atoms with Crippen LogP contribution in [0, 0.1) is 13.8 Å². The number of ether oxygens (including phenoxy) is 1. The molecule has 3 aromatic rings. The molecule has 3 rings (SSSR count). The molecule has 0 fully saturated rings. The second kappa shape index (κ2) is 6.62. The van der Waals surface area contributed by atoms with Crippen molar-refractivity contribution in [3.8, 4) is 5.75 Å². The summed E-state index contributed by atoms with van der Waals surface area (Å²) in [5, 5.41) is 12.5. The number of amides is 1. The van der Waals surface area contributed by atoms with Crippen molar-refractivity contribution in [2.24, 2.45) is 0 Å². The lowest BCUT2D eigenvalue weighted by molar-refractivity contribution is 0.102. The molecule has 0 atom stereocenters. The highest BCUT2D eigenvalue weighted by Crippen LogP contribution is 2.17. The highest BCUT2D eigenvalue weighted by atomic mass is 32.1. The fraction of sp³-hybridized carbons (Fsp3) is 0.188. The van der Waals surface area contributed by atoms with E-state index >= 15 is 0 Å². The average Bonchev–Trinajstić information content (AvgIpc) is 3.14. The molecule has 0 bridgehead atoms. The summed E-state index contributed by atoms with van der Waals surface area (Å²) in [7, 11) is 0. The van der Waals surface area contributed by atoms with Gasteiger partial charge in [0.15, 0.2) is 5.82 Å².